The fourth-order valence-corrected chi connectivity index (χ4v) is 1.33. The van der Waals surface area contributed by atoms with E-state index in [1.54, 1.807) is 0 Å². The maximum Gasteiger partial charge on any atom is 0.230 e. The van der Waals surface area contributed by atoms with Gasteiger partial charge >= 0.3 is 0 Å². The molecule has 0 aliphatic carbocycles. The molecule has 1 rings (SSSR count). The molecule has 1 heterocycles. The van der Waals surface area contributed by atoms with E-state index >= 15 is 0 Å². The molecule has 15 heavy (non-hydrogen) atoms. The fourth-order valence-electron chi connectivity index (χ4n) is 1.33. The smallest absolute Gasteiger partial charge is 0.230 e. The lowest BCUT2D eigenvalue weighted by atomic mass is 10.4. The van der Waals surface area contributed by atoms with Crippen LogP contribution in [0.1, 0.15) is 25.1 Å². The van der Waals surface area contributed by atoms with Gasteiger partial charge in [0.2, 0.25) is 11.8 Å². The summed E-state index contributed by atoms with van der Waals surface area (Å²) >= 11 is 0. The highest BCUT2D eigenvalue weighted by Crippen LogP contribution is 2.03. The first kappa shape index (κ1) is 12.1. The first-order valence-corrected chi connectivity index (χ1v) is 5.40. The van der Waals surface area contributed by atoms with Gasteiger partial charge in [-0.25, -0.2) is 0 Å². The van der Waals surface area contributed by atoms with Crippen LogP contribution in [0.15, 0.2) is 4.42 Å². The van der Waals surface area contributed by atoms with Crippen LogP contribution in [0.5, 0.6) is 0 Å². The van der Waals surface area contributed by atoms with Crippen molar-refractivity contribution in [1.29, 1.82) is 0 Å². The van der Waals surface area contributed by atoms with Crippen LogP contribution in [-0.2, 0) is 13.0 Å². The molecule has 0 atom stereocenters. The minimum Gasteiger partial charge on any atom is -0.424 e. The van der Waals surface area contributed by atoms with Gasteiger partial charge in [0.25, 0.3) is 0 Å². The van der Waals surface area contributed by atoms with Crippen LogP contribution in [0.25, 0.3) is 0 Å². The van der Waals surface area contributed by atoms with E-state index < -0.39 is 0 Å². The van der Waals surface area contributed by atoms with Gasteiger partial charge in [0.05, 0.1) is 6.54 Å². The summed E-state index contributed by atoms with van der Waals surface area (Å²) in [7, 11) is 4.02. The number of nitrogens with zero attached hydrogens (tertiary/aromatic N) is 3. The van der Waals surface area contributed by atoms with E-state index in [0.29, 0.717) is 11.8 Å². The van der Waals surface area contributed by atoms with Gasteiger partial charge in [-0.15, -0.1) is 10.2 Å². The van der Waals surface area contributed by atoms with Crippen molar-refractivity contribution in [3.05, 3.63) is 11.8 Å². The monoisotopic (exact) mass is 212 g/mol. The van der Waals surface area contributed by atoms with E-state index in [4.69, 9.17) is 4.42 Å². The Morgan fingerprint density at radius 3 is 2.67 bits per heavy atom. The molecule has 5 heteroatoms. The Balaban J connectivity index is 2.27. The number of hydrogen-bond donors (Lipinski definition) is 1. The number of aromatic nitrogens is 2. The van der Waals surface area contributed by atoms with Gasteiger partial charge < -0.3 is 9.73 Å². The van der Waals surface area contributed by atoms with Crippen LogP contribution in [0.4, 0.5) is 0 Å². The van der Waals surface area contributed by atoms with E-state index in [2.05, 4.69) is 27.5 Å². The first-order chi connectivity index (χ1) is 7.26. The van der Waals surface area contributed by atoms with Crippen molar-refractivity contribution in [3.63, 3.8) is 0 Å². The van der Waals surface area contributed by atoms with Crippen molar-refractivity contribution >= 4 is 0 Å². The summed E-state index contributed by atoms with van der Waals surface area (Å²) in [6.45, 7) is 4.81. The molecule has 0 radical (unpaired) electrons. The van der Waals surface area contributed by atoms with E-state index in [0.717, 1.165) is 32.5 Å². The van der Waals surface area contributed by atoms with Crippen LogP contribution in [0.2, 0.25) is 0 Å². The van der Waals surface area contributed by atoms with Gasteiger partial charge in [-0.3, -0.25) is 4.90 Å². The molecule has 0 aliphatic rings. The van der Waals surface area contributed by atoms with Crippen LogP contribution >= 0.6 is 0 Å². The van der Waals surface area contributed by atoms with Crippen LogP contribution in [-0.4, -0.2) is 42.3 Å². The summed E-state index contributed by atoms with van der Waals surface area (Å²) in [4.78, 5) is 2.18. The average molecular weight is 212 g/mol. The topological polar surface area (TPSA) is 54.2 Å². The van der Waals surface area contributed by atoms with E-state index in [-0.39, 0.29) is 0 Å². The van der Waals surface area contributed by atoms with Gasteiger partial charge in [0, 0.05) is 6.42 Å². The van der Waals surface area contributed by atoms with Crippen molar-refractivity contribution in [2.75, 3.05) is 27.2 Å². The number of rotatable bonds is 7. The molecule has 0 aliphatic heterocycles. The summed E-state index contributed by atoms with van der Waals surface area (Å²) in [5.74, 6) is 1.42. The van der Waals surface area contributed by atoms with Gasteiger partial charge in [0.15, 0.2) is 0 Å². The van der Waals surface area contributed by atoms with Gasteiger partial charge in [-0.2, -0.15) is 0 Å². The molecule has 86 valence electrons. The molecule has 1 aromatic rings. The molecule has 0 aromatic carbocycles. The van der Waals surface area contributed by atoms with Gasteiger partial charge in [-0.05, 0) is 33.6 Å². The zero-order valence-corrected chi connectivity index (χ0v) is 9.79. The summed E-state index contributed by atoms with van der Waals surface area (Å²) in [6, 6.07) is 0. The predicted molar refractivity (Wildman–Crippen MR) is 58.6 cm³/mol. The van der Waals surface area contributed by atoms with Crippen molar-refractivity contribution in [2.24, 2.45) is 0 Å². The normalized spacial score (nSPS) is 11.2. The average Bonchev–Trinajstić information content (AvgIpc) is 2.66. The molecule has 0 saturated heterocycles. The fraction of sp³-hybridized carbons (Fsp3) is 0.800. The first-order valence-electron chi connectivity index (χ1n) is 5.40. The van der Waals surface area contributed by atoms with Crippen LogP contribution in [0.3, 0.4) is 0 Å². The molecule has 5 nitrogen and oxygen atoms in total. The zero-order chi connectivity index (χ0) is 11.1. The summed E-state index contributed by atoms with van der Waals surface area (Å²) in [6.07, 6.45) is 1.93. The Kier molecular flexibility index (Phi) is 5.28. The SMILES string of the molecule is CCc1nnc(CN(C)CCCNC)o1. The second kappa shape index (κ2) is 6.53. The highest BCUT2D eigenvalue weighted by atomic mass is 16.4. The standard InChI is InChI=1S/C10H20N4O/c1-4-9-12-13-10(15-9)8-14(3)7-5-6-11-2/h11H,4-8H2,1-3H3. The van der Waals surface area contributed by atoms with Crippen LogP contribution < -0.4 is 5.32 Å². The summed E-state index contributed by atoms with van der Waals surface area (Å²) in [5.41, 5.74) is 0. The van der Waals surface area contributed by atoms with E-state index in [1.807, 2.05) is 14.0 Å². The molecule has 0 fully saturated rings. The number of hydrogen-bond acceptors (Lipinski definition) is 5. The Labute approximate surface area is 90.9 Å². The molecule has 0 bridgehead atoms. The molecular weight excluding hydrogens is 192 g/mol. The van der Waals surface area contributed by atoms with Crippen LogP contribution in [0, 0.1) is 0 Å². The predicted octanol–water partition coefficient (Wildman–Crippen LogP) is 0.673. The lowest BCUT2D eigenvalue weighted by molar-refractivity contribution is 0.281. The highest BCUT2D eigenvalue weighted by Gasteiger charge is 2.06. The lowest BCUT2D eigenvalue weighted by Gasteiger charge is -2.13. The van der Waals surface area contributed by atoms with E-state index in [1.165, 1.54) is 0 Å². The molecule has 0 spiro atoms. The minimum absolute atomic E-state index is 0.707. The second-order valence-electron chi connectivity index (χ2n) is 3.64. The third-order valence-corrected chi connectivity index (χ3v) is 2.18. The van der Waals surface area contributed by atoms with E-state index in [9.17, 15) is 0 Å². The maximum atomic E-state index is 5.43. The maximum absolute atomic E-state index is 5.43. The van der Waals surface area contributed by atoms with Crippen molar-refractivity contribution in [1.82, 2.24) is 20.4 Å². The lowest BCUT2D eigenvalue weighted by Crippen LogP contribution is -2.22. The molecular formula is C10H20N4O. The zero-order valence-electron chi connectivity index (χ0n) is 9.79. The number of aryl methyl sites for hydroxylation is 1. The molecule has 1 aromatic heterocycles. The Morgan fingerprint density at radius 1 is 1.33 bits per heavy atom. The van der Waals surface area contributed by atoms with Crippen molar-refractivity contribution < 1.29 is 4.42 Å². The largest absolute Gasteiger partial charge is 0.424 e. The molecule has 1 N–H and O–H groups in total. The second-order valence-corrected chi connectivity index (χ2v) is 3.64. The van der Waals surface area contributed by atoms with Crippen molar-refractivity contribution in [3.8, 4) is 0 Å². The van der Waals surface area contributed by atoms with Crippen molar-refractivity contribution in [2.45, 2.75) is 26.3 Å². The third kappa shape index (κ3) is 4.40. The van der Waals surface area contributed by atoms with Gasteiger partial charge in [-0.1, -0.05) is 6.92 Å². The minimum atomic E-state index is 0.707. The molecule has 0 saturated carbocycles. The summed E-state index contributed by atoms with van der Waals surface area (Å²) < 4.78 is 5.43. The van der Waals surface area contributed by atoms with Gasteiger partial charge in [0.1, 0.15) is 0 Å². The molecule has 0 amide bonds. The Hall–Kier alpha value is -0.940. The quantitative estimate of drug-likeness (QED) is 0.673. The highest BCUT2D eigenvalue weighted by molar-refractivity contribution is 4.80. The Bertz CT molecular complexity index is 274. The number of nitrogens with one attached hydrogen (secondary N) is 1. The summed E-state index contributed by atoms with van der Waals surface area (Å²) in [5, 5.41) is 11.0. The third-order valence-electron chi connectivity index (χ3n) is 2.18. The Morgan fingerprint density at radius 2 is 2.07 bits per heavy atom. The molecule has 0 unspecified atom stereocenters.